The van der Waals surface area contributed by atoms with Gasteiger partial charge in [-0.2, -0.15) is 24.4 Å². The van der Waals surface area contributed by atoms with Gasteiger partial charge in [0.15, 0.2) is 0 Å². The quantitative estimate of drug-likeness (QED) is 0.151. The van der Waals surface area contributed by atoms with Gasteiger partial charge in [-0.05, 0) is 24.9 Å². The second kappa shape index (κ2) is 14.1. The van der Waals surface area contributed by atoms with Crippen molar-refractivity contribution in [3.05, 3.63) is 0 Å². The number of aliphatic carboxylic acids is 2. The van der Waals surface area contributed by atoms with Crippen LogP contribution in [0.1, 0.15) is 19.3 Å². The summed E-state index contributed by atoms with van der Waals surface area (Å²) in [7, 11) is 0. The number of carbonyl (C=O) groups excluding carboxylic acids is 3. The van der Waals surface area contributed by atoms with E-state index in [0.717, 1.165) is 0 Å². The average molecular weight is 439 g/mol. The first-order valence-electron chi connectivity index (χ1n) is 8.29. The maximum atomic E-state index is 12.4. The summed E-state index contributed by atoms with van der Waals surface area (Å²) in [6.07, 6.45) is 1.29. The van der Waals surface area contributed by atoms with Crippen LogP contribution in [0.4, 0.5) is 0 Å². The van der Waals surface area contributed by atoms with E-state index in [2.05, 4.69) is 28.6 Å². The van der Waals surface area contributed by atoms with E-state index in [4.69, 9.17) is 10.8 Å². The van der Waals surface area contributed by atoms with Gasteiger partial charge in [0.2, 0.25) is 17.7 Å². The van der Waals surface area contributed by atoms with Crippen molar-refractivity contribution in [2.75, 3.05) is 24.3 Å². The summed E-state index contributed by atoms with van der Waals surface area (Å²) in [5.74, 6) is -4.04. The van der Waals surface area contributed by atoms with Crippen molar-refractivity contribution in [1.29, 1.82) is 0 Å². The van der Waals surface area contributed by atoms with Gasteiger partial charge in [0, 0.05) is 12.2 Å². The summed E-state index contributed by atoms with van der Waals surface area (Å²) in [5, 5.41) is 24.8. The van der Waals surface area contributed by atoms with Crippen molar-refractivity contribution >= 4 is 54.1 Å². The zero-order valence-corrected chi connectivity index (χ0v) is 17.1. The number of carboxylic acids is 2. The van der Waals surface area contributed by atoms with Crippen LogP contribution in [0.25, 0.3) is 0 Å². The van der Waals surface area contributed by atoms with E-state index < -0.39 is 60.8 Å². The molecule has 28 heavy (non-hydrogen) atoms. The van der Waals surface area contributed by atoms with Gasteiger partial charge in [-0.1, -0.05) is 0 Å². The minimum absolute atomic E-state index is 0.0731. The van der Waals surface area contributed by atoms with Gasteiger partial charge in [0.05, 0.1) is 12.6 Å². The summed E-state index contributed by atoms with van der Waals surface area (Å²) in [6.45, 7) is -0.480. The smallest absolute Gasteiger partial charge is 0.326 e. The molecule has 0 saturated carbocycles. The summed E-state index contributed by atoms with van der Waals surface area (Å²) in [5.41, 5.74) is 5.45. The van der Waals surface area contributed by atoms with Crippen molar-refractivity contribution in [1.82, 2.24) is 16.0 Å². The van der Waals surface area contributed by atoms with E-state index in [0.29, 0.717) is 5.75 Å². The first-order chi connectivity index (χ1) is 13.1. The number of rotatable bonds is 14. The van der Waals surface area contributed by atoms with Crippen LogP contribution < -0.4 is 21.7 Å². The highest BCUT2D eigenvalue weighted by Gasteiger charge is 2.27. The first-order valence-corrected chi connectivity index (χ1v) is 10.3. The molecule has 0 aromatic carbocycles. The molecule has 0 aromatic heterocycles. The Morgan fingerprint density at radius 3 is 2.18 bits per heavy atom. The molecular formula is C15H26N4O7S2. The Balaban J connectivity index is 4.92. The molecule has 0 aliphatic rings. The second-order valence-electron chi connectivity index (χ2n) is 5.74. The molecule has 0 fully saturated rings. The maximum Gasteiger partial charge on any atom is 0.326 e. The third kappa shape index (κ3) is 11.0. The van der Waals surface area contributed by atoms with Gasteiger partial charge >= 0.3 is 11.9 Å². The Morgan fingerprint density at radius 2 is 1.68 bits per heavy atom. The highest BCUT2D eigenvalue weighted by Crippen LogP contribution is 2.04. The predicted octanol–water partition coefficient (Wildman–Crippen LogP) is -1.97. The van der Waals surface area contributed by atoms with E-state index in [-0.39, 0.29) is 18.6 Å². The number of thiol groups is 1. The highest BCUT2D eigenvalue weighted by molar-refractivity contribution is 7.98. The SMILES string of the molecule is CSCCC(NC(=O)C(CCC(=O)O)NC(=O)CNC(=O)C(N)CS)C(=O)O. The van der Waals surface area contributed by atoms with E-state index in [1.807, 2.05) is 0 Å². The van der Waals surface area contributed by atoms with Gasteiger partial charge in [0.25, 0.3) is 0 Å². The van der Waals surface area contributed by atoms with E-state index in [1.54, 1.807) is 6.26 Å². The highest BCUT2D eigenvalue weighted by atomic mass is 32.2. The molecule has 0 rings (SSSR count). The summed E-state index contributed by atoms with van der Waals surface area (Å²) in [6, 6.07) is -3.34. The molecular weight excluding hydrogens is 412 g/mol. The largest absolute Gasteiger partial charge is 0.481 e. The number of nitrogens with one attached hydrogen (secondary N) is 3. The van der Waals surface area contributed by atoms with Crippen LogP contribution in [0, 0.1) is 0 Å². The van der Waals surface area contributed by atoms with Gasteiger partial charge in [0.1, 0.15) is 12.1 Å². The van der Waals surface area contributed by atoms with Crippen LogP contribution in [-0.2, 0) is 24.0 Å². The zero-order chi connectivity index (χ0) is 21.7. The number of amides is 3. The lowest BCUT2D eigenvalue weighted by Crippen LogP contribution is -2.54. The monoisotopic (exact) mass is 438 g/mol. The van der Waals surface area contributed by atoms with Crippen LogP contribution in [-0.4, -0.2) is 82.3 Å². The lowest BCUT2D eigenvalue weighted by atomic mass is 10.1. The predicted molar refractivity (Wildman–Crippen MR) is 106 cm³/mol. The Bertz CT molecular complexity index is 577. The molecule has 0 spiro atoms. The number of thioether (sulfide) groups is 1. The van der Waals surface area contributed by atoms with Crippen LogP contribution >= 0.6 is 24.4 Å². The average Bonchev–Trinajstić information content (AvgIpc) is 2.64. The number of carboxylic acid groups (broad SMARTS) is 2. The summed E-state index contributed by atoms with van der Waals surface area (Å²) in [4.78, 5) is 57.9. The Kier molecular flexibility index (Phi) is 13.1. The summed E-state index contributed by atoms with van der Waals surface area (Å²) >= 11 is 5.26. The molecule has 0 aromatic rings. The molecule has 13 heteroatoms. The van der Waals surface area contributed by atoms with E-state index >= 15 is 0 Å². The molecule has 3 atom stereocenters. The fourth-order valence-corrected chi connectivity index (χ4v) is 2.57. The molecule has 11 nitrogen and oxygen atoms in total. The van der Waals surface area contributed by atoms with E-state index in [9.17, 15) is 29.1 Å². The normalized spacial score (nSPS) is 13.7. The fourth-order valence-electron chi connectivity index (χ4n) is 1.93. The van der Waals surface area contributed by atoms with Crippen molar-refractivity contribution in [3.8, 4) is 0 Å². The number of hydrogen-bond acceptors (Lipinski definition) is 8. The van der Waals surface area contributed by atoms with Crippen molar-refractivity contribution in [3.63, 3.8) is 0 Å². The molecule has 160 valence electrons. The molecule has 0 heterocycles. The van der Waals surface area contributed by atoms with Crippen LogP contribution in [0.2, 0.25) is 0 Å². The molecule has 3 amide bonds. The first kappa shape index (κ1) is 26.0. The second-order valence-corrected chi connectivity index (χ2v) is 7.09. The Morgan fingerprint density at radius 1 is 1.04 bits per heavy atom. The Hall–Kier alpha value is -1.99. The molecule has 0 bridgehead atoms. The molecule has 7 N–H and O–H groups in total. The number of hydrogen-bond donors (Lipinski definition) is 7. The van der Waals surface area contributed by atoms with E-state index in [1.165, 1.54) is 11.8 Å². The van der Waals surface area contributed by atoms with Crippen molar-refractivity contribution in [2.45, 2.75) is 37.4 Å². The van der Waals surface area contributed by atoms with Gasteiger partial charge in [-0.15, -0.1) is 0 Å². The molecule has 0 saturated heterocycles. The van der Waals surface area contributed by atoms with Gasteiger partial charge < -0.3 is 31.9 Å². The molecule has 3 unspecified atom stereocenters. The van der Waals surface area contributed by atoms with Crippen molar-refractivity contribution in [2.24, 2.45) is 5.73 Å². The summed E-state index contributed by atoms with van der Waals surface area (Å²) < 4.78 is 0. The minimum Gasteiger partial charge on any atom is -0.481 e. The third-order valence-electron chi connectivity index (χ3n) is 3.48. The minimum atomic E-state index is -1.27. The van der Waals surface area contributed by atoms with Gasteiger partial charge in [-0.25, -0.2) is 4.79 Å². The molecule has 0 radical (unpaired) electrons. The number of carbonyl (C=O) groups is 5. The maximum absolute atomic E-state index is 12.4. The van der Waals surface area contributed by atoms with Crippen LogP contribution in [0.5, 0.6) is 0 Å². The molecule has 0 aliphatic heterocycles. The lowest BCUT2D eigenvalue weighted by Gasteiger charge is -2.21. The fraction of sp³-hybridized carbons (Fsp3) is 0.667. The van der Waals surface area contributed by atoms with Crippen molar-refractivity contribution < 1.29 is 34.2 Å². The standard InChI is InChI=1S/C15H26N4O7S2/c1-28-5-4-10(15(25)26)19-14(24)9(2-3-12(21)22)18-11(20)6-17-13(23)8(16)7-27/h8-10,27H,2-7,16H2,1H3,(H,17,23)(H,18,20)(H,19,24)(H,21,22)(H,25,26). The zero-order valence-electron chi connectivity index (χ0n) is 15.3. The Labute approximate surface area is 172 Å². The van der Waals surface area contributed by atoms with Crippen LogP contribution in [0.3, 0.4) is 0 Å². The topological polar surface area (TPSA) is 188 Å². The lowest BCUT2D eigenvalue weighted by molar-refractivity contribution is -0.143. The third-order valence-corrected chi connectivity index (χ3v) is 4.52. The van der Waals surface area contributed by atoms with Crippen LogP contribution in [0.15, 0.2) is 0 Å². The number of nitrogens with two attached hydrogens (primary N) is 1. The molecule has 0 aliphatic carbocycles. The van der Waals surface area contributed by atoms with Gasteiger partial charge in [-0.3, -0.25) is 19.2 Å².